The molecule has 2 rings (SSSR count). The van der Waals surface area contributed by atoms with Crippen molar-refractivity contribution in [2.75, 3.05) is 45.5 Å². The average molecular weight is 279 g/mol. The molecular formula is C14H17NO5. The molecule has 6 nitrogen and oxygen atoms in total. The van der Waals surface area contributed by atoms with E-state index < -0.39 is 11.7 Å². The van der Waals surface area contributed by atoms with Crippen LogP contribution in [-0.4, -0.2) is 52.3 Å². The van der Waals surface area contributed by atoms with E-state index in [9.17, 15) is 9.59 Å². The zero-order valence-corrected chi connectivity index (χ0v) is 11.5. The van der Waals surface area contributed by atoms with E-state index in [1.807, 2.05) is 0 Å². The van der Waals surface area contributed by atoms with Crippen LogP contribution in [0.25, 0.3) is 0 Å². The second-order valence-corrected chi connectivity index (χ2v) is 4.27. The molecule has 0 aliphatic carbocycles. The number of nitrogens with zero attached hydrogens (tertiary/aromatic N) is 1. The third-order valence-electron chi connectivity index (χ3n) is 3.07. The first kappa shape index (κ1) is 14.5. The third kappa shape index (κ3) is 2.81. The molecule has 0 aromatic heterocycles. The van der Waals surface area contributed by atoms with Crippen molar-refractivity contribution in [3.8, 4) is 5.75 Å². The molecule has 20 heavy (non-hydrogen) atoms. The van der Waals surface area contributed by atoms with Gasteiger partial charge >= 0.3 is 0 Å². The van der Waals surface area contributed by atoms with Gasteiger partial charge in [0.15, 0.2) is 0 Å². The van der Waals surface area contributed by atoms with Crippen molar-refractivity contribution in [1.29, 1.82) is 0 Å². The van der Waals surface area contributed by atoms with Crippen LogP contribution in [0.1, 0.15) is 10.4 Å². The molecule has 0 spiro atoms. The lowest BCUT2D eigenvalue weighted by molar-refractivity contribution is -0.114. The highest BCUT2D eigenvalue weighted by Gasteiger charge is 2.35. The van der Waals surface area contributed by atoms with E-state index >= 15 is 0 Å². The lowest BCUT2D eigenvalue weighted by atomic mass is 10.1. The van der Waals surface area contributed by atoms with Crippen molar-refractivity contribution in [1.82, 2.24) is 0 Å². The molecule has 0 bridgehead atoms. The monoisotopic (exact) mass is 279 g/mol. The largest absolute Gasteiger partial charge is 0.497 e. The Morgan fingerprint density at radius 2 is 1.90 bits per heavy atom. The molecule has 0 N–H and O–H groups in total. The number of benzene rings is 1. The summed E-state index contributed by atoms with van der Waals surface area (Å²) in [5, 5.41) is 0. The summed E-state index contributed by atoms with van der Waals surface area (Å²) in [7, 11) is 3.11. The maximum Gasteiger partial charge on any atom is 0.299 e. The molecule has 1 amide bonds. The number of carbonyl (C=O) groups is 2. The van der Waals surface area contributed by atoms with Crippen LogP contribution in [-0.2, 0) is 14.3 Å². The summed E-state index contributed by atoms with van der Waals surface area (Å²) in [5.41, 5.74) is 0.988. The molecule has 0 fully saturated rings. The highest BCUT2D eigenvalue weighted by molar-refractivity contribution is 6.52. The highest BCUT2D eigenvalue weighted by Crippen LogP contribution is 2.31. The van der Waals surface area contributed by atoms with Gasteiger partial charge in [0.25, 0.3) is 11.7 Å². The second kappa shape index (κ2) is 6.49. The van der Waals surface area contributed by atoms with Crippen molar-refractivity contribution in [3.05, 3.63) is 23.8 Å². The fourth-order valence-corrected chi connectivity index (χ4v) is 2.03. The molecule has 6 heteroatoms. The average Bonchev–Trinajstić information content (AvgIpc) is 2.71. The molecule has 0 saturated heterocycles. The van der Waals surface area contributed by atoms with Crippen molar-refractivity contribution in [3.63, 3.8) is 0 Å². The predicted octanol–water partition coefficient (Wildman–Crippen LogP) is 0.888. The fraction of sp³-hybridized carbons (Fsp3) is 0.429. The summed E-state index contributed by atoms with van der Waals surface area (Å²) in [6.07, 6.45) is 0. The van der Waals surface area contributed by atoms with Crippen LogP contribution in [0.5, 0.6) is 5.75 Å². The number of rotatable bonds is 7. The van der Waals surface area contributed by atoms with Crippen molar-refractivity contribution in [2.24, 2.45) is 0 Å². The van der Waals surface area contributed by atoms with Crippen LogP contribution in [0.15, 0.2) is 18.2 Å². The molecule has 1 aromatic rings. The van der Waals surface area contributed by atoms with E-state index in [4.69, 9.17) is 14.2 Å². The van der Waals surface area contributed by atoms with Gasteiger partial charge in [-0.2, -0.15) is 0 Å². The summed E-state index contributed by atoms with van der Waals surface area (Å²) in [6.45, 7) is 1.66. The third-order valence-corrected chi connectivity index (χ3v) is 3.07. The topological polar surface area (TPSA) is 65.1 Å². The highest BCUT2D eigenvalue weighted by atomic mass is 16.5. The lowest BCUT2D eigenvalue weighted by Gasteiger charge is -2.16. The smallest absolute Gasteiger partial charge is 0.299 e. The second-order valence-electron chi connectivity index (χ2n) is 4.27. The Morgan fingerprint density at radius 3 is 2.60 bits per heavy atom. The Labute approximate surface area is 117 Å². The number of methoxy groups -OCH3 is 2. The molecule has 0 unspecified atom stereocenters. The van der Waals surface area contributed by atoms with E-state index in [2.05, 4.69) is 0 Å². The van der Waals surface area contributed by atoms with Crippen LogP contribution in [0.3, 0.4) is 0 Å². The van der Waals surface area contributed by atoms with Crippen LogP contribution in [0.4, 0.5) is 5.69 Å². The zero-order valence-electron chi connectivity index (χ0n) is 11.5. The first-order chi connectivity index (χ1) is 9.69. The van der Waals surface area contributed by atoms with Gasteiger partial charge in [0, 0.05) is 13.7 Å². The van der Waals surface area contributed by atoms with E-state index in [1.54, 1.807) is 25.3 Å². The van der Waals surface area contributed by atoms with E-state index in [1.165, 1.54) is 12.0 Å². The number of ether oxygens (including phenoxy) is 3. The van der Waals surface area contributed by atoms with Gasteiger partial charge in [0.1, 0.15) is 5.75 Å². The minimum atomic E-state index is -0.524. The first-order valence-electron chi connectivity index (χ1n) is 6.30. The van der Waals surface area contributed by atoms with E-state index in [0.29, 0.717) is 43.4 Å². The van der Waals surface area contributed by atoms with Gasteiger partial charge in [-0.1, -0.05) is 0 Å². The van der Waals surface area contributed by atoms with Gasteiger partial charge in [0.2, 0.25) is 0 Å². The van der Waals surface area contributed by atoms with Gasteiger partial charge in [-0.15, -0.1) is 0 Å². The SMILES string of the molecule is COCCOCCN1C(=O)C(=O)c2cc(OC)ccc21. The number of amides is 1. The van der Waals surface area contributed by atoms with Crippen molar-refractivity contribution in [2.45, 2.75) is 0 Å². The van der Waals surface area contributed by atoms with Crippen LogP contribution in [0.2, 0.25) is 0 Å². The number of Topliss-reactive ketones (excluding diaryl/α,β-unsaturated/α-hetero) is 1. The van der Waals surface area contributed by atoms with Gasteiger partial charge in [-0.25, -0.2) is 0 Å². The predicted molar refractivity (Wildman–Crippen MR) is 72.4 cm³/mol. The summed E-state index contributed by atoms with van der Waals surface area (Å²) in [6, 6.07) is 5.02. The summed E-state index contributed by atoms with van der Waals surface area (Å²) in [5.74, 6) is -0.470. The Bertz CT molecular complexity index is 514. The van der Waals surface area contributed by atoms with E-state index in [-0.39, 0.29) is 0 Å². The number of hydrogen-bond donors (Lipinski definition) is 0. The molecule has 0 atom stereocenters. The Hall–Kier alpha value is -1.92. The van der Waals surface area contributed by atoms with Crippen molar-refractivity contribution >= 4 is 17.4 Å². The van der Waals surface area contributed by atoms with Gasteiger partial charge in [0.05, 0.1) is 38.2 Å². The fourth-order valence-electron chi connectivity index (χ4n) is 2.03. The minimum Gasteiger partial charge on any atom is -0.497 e. The maximum absolute atomic E-state index is 11.9. The normalized spacial score (nSPS) is 13.8. The number of anilines is 1. The Kier molecular flexibility index (Phi) is 4.70. The molecule has 108 valence electrons. The van der Waals surface area contributed by atoms with Crippen molar-refractivity contribution < 1.29 is 23.8 Å². The number of fused-ring (bicyclic) bond motifs is 1. The quantitative estimate of drug-likeness (QED) is 0.548. The Balaban J connectivity index is 2.05. The van der Waals surface area contributed by atoms with Crippen LogP contribution in [0, 0.1) is 0 Å². The first-order valence-corrected chi connectivity index (χ1v) is 6.30. The molecule has 1 aliphatic rings. The Morgan fingerprint density at radius 1 is 1.10 bits per heavy atom. The molecule has 0 radical (unpaired) electrons. The molecule has 0 saturated carbocycles. The van der Waals surface area contributed by atoms with Gasteiger partial charge < -0.3 is 19.1 Å². The van der Waals surface area contributed by atoms with Gasteiger partial charge in [-0.05, 0) is 18.2 Å². The summed E-state index contributed by atoms with van der Waals surface area (Å²) in [4.78, 5) is 25.3. The zero-order chi connectivity index (χ0) is 14.5. The molecular weight excluding hydrogens is 262 g/mol. The minimum absolute atomic E-state index is 0.341. The molecule has 1 aromatic carbocycles. The van der Waals surface area contributed by atoms with Gasteiger partial charge in [-0.3, -0.25) is 9.59 Å². The number of ketones is 1. The molecule has 1 heterocycles. The van der Waals surface area contributed by atoms with Crippen LogP contribution >= 0.6 is 0 Å². The maximum atomic E-state index is 11.9. The molecule has 1 aliphatic heterocycles. The summed E-state index contributed by atoms with van der Waals surface area (Å²) >= 11 is 0. The van der Waals surface area contributed by atoms with Crippen LogP contribution < -0.4 is 9.64 Å². The van der Waals surface area contributed by atoms with E-state index in [0.717, 1.165) is 0 Å². The number of hydrogen-bond acceptors (Lipinski definition) is 5. The summed E-state index contributed by atoms with van der Waals surface area (Å²) < 4.78 is 15.2. The number of carbonyl (C=O) groups excluding carboxylic acids is 2. The standard InChI is InChI=1S/C14H17NO5/c1-18-7-8-20-6-5-15-12-4-3-10(19-2)9-11(12)13(16)14(15)17/h3-4,9H,5-8H2,1-2H3. The lowest BCUT2D eigenvalue weighted by Crippen LogP contribution is -2.33.